The molecule has 0 amide bonds. The molecule has 0 bridgehead atoms. The van der Waals surface area contributed by atoms with Crippen molar-refractivity contribution in [1.82, 2.24) is 0 Å². The van der Waals surface area contributed by atoms with E-state index in [0.29, 0.717) is 18.6 Å². The van der Waals surface area contributed by atoms with Crippen molar-refractivity contribution in [2.24, 2.45) is 0 Å². The minimum Gasteiger partial charge on any atom is -0.488 e. The molecular formula is C13H13Br3O3. The van der Waals surface area contributed by atoms with Gasteiger partial charge in [0.05, 0.1) is 15.0 Å². The zero-order chi connectivity index (χ0) is 14.6. The predicted octanol–water partition coefficient (Wildman–Crippen LogP) is 5.16. The van der Waals surface area contributed by atoms with Crippen molar-refractivity contribution in [3.05, 3.63) is 37.7 Å². The first-order valence-electron chi connectivity index (χ1n) is 5.53. The first-order chi connectivity index (χ1) is 8.81. The Morgan fingerprint density at radius 2 is 1.89 bits per heavy atom. The molecule has 1 aromatic carbocycles. The van der Waals surface area contributed by atoms with Crippen molar-refractivity contribution in [3.8, 4) is 5.75 Å². The second-order valence-corrected chi connectivity index (χ2v) is 6.70. The van der Waals surface area contributed by atoms with Crippen molar-refractivity contribution in [2.45, 2.75) is 25.9 Å². The Labute approximate surface area is 137 Å². The summed E-state index contributed by atoms with van der Waals surface area (Å²) < 4.78 is 8.41. The molecule has 1 rings (SSSR count). The standard InChI is InChI=1S/C13H13Br3O3/c1-7(13(17)18)3-4-8(2)19-12-10(15)5-9(14)6-11(12)16/h5-6,8H,1,3-4H2,2H3,(H,17,18). The van der Waals surface area contributed by atoms with Gasteiger partial charge in [0.25, 0.3) is 0 Å². The van der Waals surface area contributed by atoms with E-state index in [1.165, 1.54) is 0 Å². The summed E-state index contributed by atoms with van der Waals surface area (Å²) in [7, 11) is 0. The lowest BCUT2D eigenvalue weighted by atomic mass is 10.1. The number of halogens is 3. The third-order valence-corrected chi connectivity index (χ3v) is 4.07. The quantitative estimate of drug-likeness (QED) is 0.601. The van der Waals surface area contributed by atoms with E-state index in [-0.39, 0.29) is 11.7 Å². The number of carbonyl (C=O) groups is 1. The van der Waals surface area contributed by atoms with Crippen molar-refractivity contribution in [1.29, 1.82) is 0 Å². The summed E-state index contributed by atoms with van der Waals surface area (Å²) >= 11 is 10.3. The number of aliphatic carboxylic acids is 1. The van der Waals surface area contributed by atoms with Crippen LogP contribution < -0.4 is 4.74 Å². The van der Waals surface area contributed by atoms with Crippen LogP contribution in [0.5, 0.6) is 5.75 Å². The summed E-state index contributed by atoms with van der Waals surface area (Å²) in [5.41, 5.74) is 0.199. The molecule has 0 aromatic heterocycles. The largest absolute Gasteiger partial charge is 0.488 e. The number of rotatable bonds is 6. The normalized spacial score (nSPS) is 12.0. The number of hydrogen-bond acceptors (Lipinski definition) is 2. The van der Waals surface area contributed by atoms with Crippen LogP contribution in [0, 0.1) is 0 Å². The molecule has 0 heterocycles. The third-order valence-electron chi connectivity index (χ3n) is 2.44. The van der Waals surface area contributed by atoms with E-state index in [1.54, 1.807) is 0 Å². The Kier molecular flexibility index (Phi) is 6.56. The van der Waals surface area contributed by atoms with Crippen LogP contribution >= 0.6 is 47.8 Å². The predicted molar refractivity (Wildman–Crippen MR) is 85.6 cm³/mol. The molecule has 0 spiro atoms. The van der Waals surface area contributed by atoms with Gasteiger partial charge in [-0.2, -0.15) is 0 Å². The molecule has 0 aliphatic heterocycles. The van der Waals surface area contributed by atoms with Gasteiger partial charge in [0.15, 0.2) is 0 Å². The second-order valence-electron chi connectivity index (χ2n) is 4.07. The van der Waals surface area contributed by atoms with Gasteiger partial charge in [-0.1, -0.05) is 22.5 Å². The summed E-state index contributed by atoms with van der Waals surface area (Å²) in [6.07, 6.45) is 0.896. The van der Waals surface area contributed by atoms with Gasteiger partial charge in [0, 0.05) is 10.0 Å². The van der Waals surface area contributed by atoms with E-state index in [0.717, 1.165) is 13.4 Å². The van der Waals surface area contributed by atoms with Gasteiger partial charge in [-0.05, 0) is 63.8 Å². The molecule has 1 aromatic rings. The Morgan fingerprint density at radius 1 is 1.37 bits per heavy atom. The van der Waals surface area contributed by atoms with Crippen molar-refractivity contribution in [3.63, 3.8) is 0 Å². The molecule has 0 saturated carbocycles. The first-order valence-corrected chi connectivity index (χ1v) is 7.91. The van der Waals surface area contributed by atoms with E-state index in [2.05, 4.69) is 54.4 Å². The molecular weight excluding hydrogens is 444 g/mol. The van der Waals surface area contributed by atoms with Gasteiger partial charge in [-0.15, -0.1) is 0 Å². The van der Waals surface area contributed by atoms with Gasteiger partial charge in [0.2, 0.25) is 0 Å². The monoisotopic (exact) mass is 454 g/mol. The van der Waals surface area contributed by atoms with Crippen molar-refractivity contribution >= 4 is 53.8 Å². The number of carboxylic acid groups (broad SMARTS) is 1. The number of carboxylic acids is 1. The van der Waals surface area contributed by atoms with Crippen LogP contribution in [0.4, 0.5) is 0 Å². The van der Waals surface area contributed by atoms with Crippen LogP contribution in [0.2, 0.25) is 0 Å². The molecule has 0 fully saturated rings. The average Bonchev–Trinajstić information content (AvgIpc) is 2.30. The fourth-order valence-electron chi connectivity index (χ4n) is 1.39. The summed E-state index contributed by atoms with van der Waals surface area (Å²) in [4.78, 5) is 10.7. The lowest BCUT2D eigenvalue weighted by Crippen LogP contribution is -2.13. The number of ether oxygens (including phenoxy) is 1. The van der Waals surface area contributed by atoms with Crippen molar-refractivity contribution < 1.29 is 14.6 Å². The smallest absolute Gasteiger partial charge is 0.330 e. The molecule has 1 N–H and O–H groups in total. The first kappa shape index (κ1) is 16.7. The number of hydrogen-bond donors (Lipinski definition) is 1. The lowest BCUT2D eigenvalue weighted by molar-refractivity contribution is -0.132. The van der Waals surface area contributed by atoms with Crippen LogP contribution in [-0.2, 0) is 4.79 Å². The fourth-order valence-corrected chi connectivity index (χ4v) is 3.83. The summed E-state index contributed by atoms with van der Waals surface area (Å²) in [6, 6.07) is 3.78. The van der Waals surface area contributed by atoms with Gasteiger partial charge >= 0.3 is 5.97 Å². The van der Waals surface area contributed by atoms with E-state index in [4.69, 9.17) is 9.84 Å². The summed E-state index contributed by atoms with van der Waals surface area (Å²) in [5.74, 6) is -0.255. The molecule has 6 heteroatoms. The topological polar surface area (TPSA) is 46.5 Å². The van der Waals surface area contributed by atoms with Gasteiger partial charge in [0.1, 0.15) is 5.75 Å². The molecule has 0 aliphatic rings. The van der Waals surface area contributed by atoms with Gasteiger partial charge in [-0.3, -0.25) is 0 Å². The van der Waals surface area contributed by atoms with Gasteiger partial charge in [-0.25, -0.2) is 4.79 Å². The highest BCUT2D eigenvalue weighted by Crippen LogP contribution is 2.37. The Morgan fingerprint density at radius 3 is 2.37 bits per heavy atom. The van der Waals surface area contributed by atoms with E-state index < -0.39 is 5.97 Å². The van der Waals surface area contributed by atoms with E-state index >= 15 is 0 Å². The van der Waals surface area contributed by atoms with Crippen LogP contribution in [0.3, 0.4) is 0 Å². The molecule has 0 radical (unpaired) electrons. The Balaban J connectivity index is 2.65. The maximum Gasteiger partial charge on any atom is 0.330 e. The summed E-state index contributed by atoms with van der Waals surface area (Å²) in [6.45, 7) is 5.40. The van der Waals surface area contributed by atoms with Crippen molar-refractivity contribution in [2.75, 3.05) is 0 Å². The molecule has 0 saturated heterocycles. The molecule has 3 nitrogen and oxygen atoms in total. The highest BCUT2D eigenvalue weighted by molar-refractivity contribution is 9.11. The molecule has 1 atom stereocenters. The second kappa shape index (κ2) is 7.45. The molecule has 19 heavy (non-hydrogen) atoms. The third kappa shape index (κ3) is 5.28. The molecule has 104 valence electrons. The van der Waals surface area contributed by atoms with Gasteiger partial charge < -0.3 is 9.84 Å². The van der Waals surface area contributed by atoms with Crippen LogP contribution in [0.1, 0.15) is 19.8 Å². The minimum absolute atomic E-state index is 0.107. The Hall–Kier alpha value is -0.330. The maximum atomic E-state index is 10.7. The average molecular weight is 457 g/mol. The maximum absolute atomic E-state index is 10.7. The van der Waals surface area contributed by atoms with E-state index in [9.17, 15) is 4.79 Å². The van der Waals surface area contributed by atoms with Crippen LogP contribution in [-0.4, -0.2) is 17.2 Å². The van der Waals surface area contributed by atoms with E-state index in [1.807, 2.05) is 19.1 Å². The SMILES string of the molecule is C=C(CCC(C)Oc1c(Br)cc(Br)cc1Br)C(=O)O. The van der Waals surface area contributed by atoms with Crippen LogP contribution in [0.25, 0.3) is 0 Å². The van der Waals surface area contributed by atoms with Crippen LogP contribution in [0.15, 0.2) is 37.7 Å². The Bertz CT molecular complexity index is 477. The zero-order valence-corrected chi connectivity index (χ0v) is 15.0. The minimum atomic E-state index is -0.960. The molecule has 0 aliphatic carbocycles. The zero-order valence-electron chi connectivity index (χ0n) is 10.3. The fraction of sp³-hybridized carbons (Fsp3) is 0.308. The highest BCUT2D eigenvalue weighted by Gasteiger charge is 2.13. The molecule has 1 unspecified atom stereocenters. The lowest BCUT2D eigenvalue weighted by Gasteiger charge is -2.17. The summed E-state index contributed by atoms with van der Waals surface area (Å²) in [5, 5.41) is 8.74. The highest BCUT2D eigenvalue weighted by atomic mass is 79.9. The number of benzene rings is 1.